The number of thiocarbonyl (C=S) groups is 1. The van der Waals surface area contributed by atoms with Gasteiger partial charge in [-0.15, -0.1) is 0 Å². The van der Waals surface area contributed by atoms with E-state index in [0.29, 0.717) is 22.7 Å². The molecule has 0 aliphatic carbocycles. The fourth-order valence-electron chi connectivity index (χ4n) is 4.09. The van der Waals surface area contributed by atoms with Crippen LogP contribution in [0.4, 0.5) is 5.69 Å². The zero-order valence-corrected chi connectivity index (χ0v) is 20.0. The highest BCUT2D eigenvalue weighted by atomic mass is 35.5. The van der Waals surface area contributed by atoms with Crippen LogP contribution in [0.5, 0.6) is 0 Å². The normalized spacial score (nSPS) is 13.4. The van der Waals surface area contributed by atoms with Crippen LogP contribution in [0.2, 0.25) is 5.02 Å². The second-order valence-electron chi connectivity index (χ2n) is 8.87. The summed E-state index contributed by atoms with van der Waals surface area (Å²) in [5.74, 6) is -0.0522. The Bertz CT molecular complexity index is 1140. The Labute approximate surface area is 200 Å². The van der Waals surface area contributed by atoms with Crippen LogP contribution in [0.1, 0.15) is 40.9 Å². The molecule has 0 amide bonds. The third-order valence-corrected chi connectivity index (χ3v) is 7.03. The number of fused-ring (bicyclic) bond motifs is 1. The second kappa shape index (κ2) is 9.43. The Morgan fingerprint density at radius 3 is 2.47 bits per heavy atom. The number of nitrogens with zero attached hydrogens (tertiary/aromatic N) is 1. The van der Waals surface area contributed by atoms with Crippen molar-refractivity contribution in [2.24, 2.45) is 5.41 Å². The molecule has 1 aliphatic rings. The van der Waals surface area contributed by atoms with Gasteiger partial charge >= 0.3 is 0 Å². The van der Waals surface area contributed by atoms with E-state index in [9.17, 15) is 4.79 Å². The lowest BCUT2D eigenvalue weighted by Crippen LogP contribution is -2.45. The van der Waals surface area contributed by atoms with Crippen LogP contribution >= 0.6 is 23.8 Å². The molecule has 164 valence electrons. The standard InChI is InChI=1S/C27H27ClN2OS/c1-27(2,26(32)30-15-14-19-8-6-7-11-21(19)17-30)18-29-24-13-12-22(28)16-23(24)25(31)20-9-4-3-5-10-20/h3-13,16,29H,14-15,17-18H2,1-2H3. The summed E-state index contributed by atoms with van der Waals surface area (Å²) in [6, 6.07) is 23.2. The predicted molar refractivity (Wildman–Crippen MR) is 137 cm³/mol. The molecule has 1 aliphatic heterocycles. The van der Waals surface area contributed by atoms with Crippen LogP contribution in [0.15, 0.2) is 72.8 Å². The first-order chi connectivity index (χ1) is 15.3. The minimum Gasteiger partial charge on any atom is -0.383 e. The molecule has 0 spiro atoms. The Morgan fingerprint density at radius 1 is 1.03 bits per heavy atom. The number of carbonyl (C=O) groups is 1. The maximum atomic E-state index is 13.1. The van der Waals surface area contributed by atoms with Gasteiger partial charge in [0.15, 0.2) is 5.78 Å². The molecule has 1 heterocycles. The SMILES string of the molecule is CC(C)(CNc1ccc(Cl)cc1C(=O)c1ccccc1)C(=S)N1CCc2ccccc2C1. The third kappa shape index (κ3) is 4.87. The minimum absolute atomic E-state index is 0.0522. The van der Waals surface area contributed by atoms with E-state index in [0.717, 1.165) is 30.2 Å². The van der Waals surface area contributed by atoms with E-state index in [1.54, 1.807) is 12.1 Å². The number of halogens is 1. The fraction of sp³-hybridized carbons (Fsp3) is 0.259. The largest absolute Gasteiger partial charge is 0.383 e. The van der Waals surface area contributed by atoms with Crippen LogP contribution in [0.3, 0.4) is 0 Å². The summed E-state index contributed by atoms with van der Waals surface area (Å²) in [6.07, 6.45) is 1.01. The molecule has 0 bridgehead atoms. The van der Waals surface area contributed by atoms with Gasteiger partial charge in [0.25, 0.3) is 0 Å². The average Bonchev–Trinajstić information content (AvgIpc) is 2.82. The van der Waals surface area contributed by atoms with Gasteiger partial charge in [-0.25, -0.2) is 0 Å². The number of hydrogen-bond donors (Lipinski definition) is 1. The molecular weight excluding hydrogens is 436 g/mol. The van der Waals surface area contributed by atoms with Gasteiger partial charge < -0.3 is 10.2 Å². The Morgan fingerprint density at radius 2 is 1.72 bits per heavy atom. The first kappa shape index (κ1) is 22.5. The summed E-state index contributed by atoms with van der Waals surface area (Å²) in [5.41, 5.74) is 4.46. The molecule has 0 radical (unpaired) electrons. The van der Waals surface area contributed by atoms with Crippen molar-refractivity contribution in [3.63, 3.8) is 0 Å². The summed E-state index contributed by atoms with van der Waals surface area (Å²) in [5, 5.41) is 4.02. The molecule has 3 aromatic carbocycles. The van der Waals surface area contributed by atoms with E-state index < -0.39 is 0 Å². The van der Waals surface area contributed by atoms with Crippen LogP contribution in [0.25, 0.3) is 0 Å². The molecule has 5 heteroatoms. The highest BCUT2D eigenvalue weighted by Gasteiger charge is 2.30. The van der Waals surface area contributed by atoms with Crippen molar-refractivity contribution in [1.82, 2.24) is 4.90 Å². The zero-order chi connectivity index (χ0) is 22.7. The van der Waals surface area contributed by atoms with Crippen molar-refractivity contribution >= 4 is 40.3 Å². The maximum Gasteiger partial charge on any atom is 0.195 e. The molecule has 0 saturated heterocycles. The van der Waals surface area contributed by atoms with Crippen molar-refractivity contribution in [2.45, 2.75) is 26.8 Å². The van der Waals surface area contributed by atoms with Gasteiger partial charge in [0.05, 0.1) is 4.99 Å². The third-order valence-electron chi connectivity index (χ3n) is 5.98. The highest BCUT2D eigenvalue weighted by molar-refractivity contribution is 7.80. The maximum absolute atomic E-state index is 13.1. The number of ketones is 1. The number of benzene rings is 3. The summed E-state index contributed by atoms with van der Waals surface area (Å²) in [4.78, 5) is 16.3. The highest BCUT2D eigenvalue weighted by Crippen LogP contribution is 2.29. The Kier molecular flexibility index (Phi) is 6.63. The van der Waals surface area contributed by atoms with E-state index in [1.807, 2.05) is 36.4 Å². The van der Waals surface area contributed by atoms with Crippen molar-refractivity contribution in [2.75, 3.05) is 18.4 Å². The van der Waals surface area contributed by atoms with E-state index in [-0.39, 0.29) is 11.2 Å². The van der Waals surface area contributed by atoms with Gasteiger partial charge in [0.1, 0.15) is 0 Å². The van der Waals surface area contributed by atoms with Gasteiger partial charge in [-0.1, -0.05) is 92.3 Å². The molecular formula is C27H27ClN2OS. The number of rotatable bonds is 6. The molecule has 3 nitrogen and oxygen atoms in total. The zero-order valence-electron chi connectivity index (χ0n) is 18.4. The van der Waals surface area contributed by atoms with E-state index >= 15 is 0 Å². The summed E-state index contributed by atoms with van der Waals surface area (Å²) < 4.78 is 0. The van der Waals surface area contributed by atoms with E-state index in [2.05, 4.69) is 48.3 Å². The van der Waals surface area contributed by atoms with Crippen molar-refractivity contribution in [3.05, 3.63) is 100 Å². The second-order valence-corrected chi connectivity index (χ2v) is 9.69. The van der Waals surface area contributed by atoms with Crippen molar-refractivity contribution in [3.8, 4) is 0 Å². The Balaban J connectivity index is 1.49. The minimum atomic E-state index is -0.270. The summed E-state index contributed by atoms with van der Waals surface area (Å²) >= 11 is 12.2. The molecule has 32 heavy (non-hydrogen) atoms. The average molecular weight is 463 g/mol. The van der Waals surface area contributed by atoms with Crippen LogP contribution in [-0.2, 0) is 13.0 Å². The quantitative estimate of drug-likeness (QED) is 0.339. The topological polar surface area (TPSA) is 32.3 Å². The van der Waals surface area contributed by atoms with Crippen LogP contribution in [0, 0.1) is 5.41 Å². The smallest absolute Gasteiger partial charge is 0.195 e. The monoisotopic (exact) mass is 462 g/mol. The van der Waals surface area contributed by atoms with Crippen LogP contribution in [-0.4, -0.2) is 28.8 Å². The van der Waals surface area contributed by atoms with Gasteiger partial charge in [-0.3, -0.25) is 4.79 Å². The van der Waals surface area contributed by atoms with Gasteiger partial charge in [0.2, 0.25) is 0 Å². The number of nitrogens with one attached hydrogen (secondary N) is 1. The number of hydrogen-bond acceptors (Lipinski definition) is 3. The molecule has 0 unspecified atom stereocenters. The molecule has 0 saturated carbocycles. The van der Waals surface area contributed by atoms with Crippen molar-refractivity contribution in [1.29, 1.82) is 0 Å². The lowest BCUT2D eigenvalue weighted by atomic mass is 9.90. The van der Waals surface area contributed by atoms with Gasteiger partial charge in [0, 0.05) is 46.9 Å². The van der Waals surface area contributed by atoms with E-state index in [1.165, 1.54) is 11.1 Å². The Hall–Kier alpha value is -2.69. The molecule has 0 aromatic heterocycles. The lowest BCUT2D eigenvalue weighted by Gasteiger charge is -2.38. The van der Waals surface area contributed by atoms with Gasteiger partial charge in [-0.2, -0.15) is 0 Å². The molecule has 1 N–H and O–H groups in total. The van der Waals surface area contributed by atoms with Crippen LogP contribution < -0.4 is 5.32 Å². The van der Waals surface area contributed by atoms with Gasteiger partial charge in [-0.05, 0) is 35.7 Å². The summed E-state index contributed by atoms with van der Waals surface area (Å²) in [7, 11) is 0. The van der Waals surface area contributed by atoms with Crippen molar-refractivity contribution < 1.29 is 4.79 Å². The number of carbonyl (C=O) groups excluding carboxylic acids is 1. The molecule has 0 fully saturated rings. The fourth-order valence-corrected chi connectivity index (χ4v) is 4.49. The number of anilines is 1. The summed E-state index contributed by atoms with van der Waals surface area (Å²) in [6.45, 7) is 6.69. The first-order valence-electron chi connectivity index (χ1n) is 10.8. The molecule has 4 rings (SSSR count). The predicted octanol–water partition coefficient (Wildman–Crippen LogP) is 6.39. The molecule has 3 aromatic rings. The molecule has 0 atom stereocenters. The first-order valence-corrected chi connectivity index (χ1v) is 11.6. The lowest BCUT2D eigenvalue weighted by molar-refractivity contribution is 0.103. The van der Waals surface area contributed by atoms with E-state index in [4.69, 9.17) is 23.8 Å².